The van der Waals surface area contributed by atoms with Crippen LogP contribution in [0.15, 0.2) is 54.3 Å². The van der Waals surface area contributed by atoms with Gasteiger partial charge in [0.2, 0.25) is 5.88 Å². The number of hydrogen-bond donors (Lipinski definition) is 0. The van der Waals surface area contributed by atoms with E-state index in [1.54, 1.807) is 6.26 Å². The SMILES string of the molecule is CCOC1=C2C(=COc3ccccc32)C=CN1C.Cl. The van der Waals surface area contributed by atoms with Gasteiger partial charge in [0.25, 0.3) is 0 Å². The number of halogens is 1. The Labute approximate surface area is 119 Å². The van der Waals surface area contributed by atoms with Gasteiger partial charge in [-0.25, -0.2) is 0 Å². The second-order valence-electron chi connectivity index (χ2n) is 4.23. The summed E-state index contributed by atoms with van der Waals surface area (Å²) in [5, 5.41) is 0. The molecule has 0 saturated carbocycles. The van der Waals surface area contributed by atoms with Gasteiger partial charge in [-0.2, -0.15) is 0 Å². The Bertz CT molecular complexity index is 575. The first-order valence-corrected chi connectivity index (χ1v) is 6.06. The summed E-state index contributed by atoms with van der Waals surface area (Å²) in [4.78, 5) is 2.00. The molecule has 19 heavy (non-hydrogen) atoms. The molecule has 3 rings (SSSR count). The third kappa shape index (κ3) is 2.22. The molecule has 0 amide bonds. The van der Waals surface area contributed by atoms with E-state index in [-0.39, 0.29) is 12.4 Å². The minimum absolute atomic E-state index is 0. The first kappa shape index (κ1) is 13.6. The molecule has 4 heteroatoms. The summed E-state index contributed by atoms with van der Waals surface area (Å²) in [6.45, 7) is 2.64. The standard InChI is InChI=1S/C15H15NO2.ClH/c1-3-17-15-14-11(8-9-16(15)2)10-18-13-7-5-4-6-12(13)14;/h4-10H,3H2,1-2H3;1H. The summed E-state index contributed by atoms with van der Waals surface area (Å²) >= 11 is 0. The van der Waals surface area contributed by atoms with Crippen molar-refractivity contribution in [3.63, 3.8) is 0 Å². The highest BCUT2D eigenvalue weighted by Crippen LogP contribution is 2.40. The first-order chi connectivity index (χ1) is 8.81. The summed E-state index contributed by atoms with van der Waals surface area (Å²) in [5.74, 6) is 1.75. The molecule has 0 unspecified atom stereocenters. The van der Waals surface area contributed by atoms with Gasteiger partial charge in [-0.3, -0.25) is 0 Å². The molecule has 0 atom stereocenters. The van der Waals surface area contributed by atoms with Crippen LogP contribution < -0.4 is 4.74 Å². The van der Waals surface area contributed by atoms with E-state index in [1.807, 2.05) is 49.3 Å². The van der Waals surface area contributed by atoms with Crippen LogP contribution in [-0.2, 0) is 4.74 Å². The van der Waals surface area contributed by atoms with E-state index in [9.17, 15) is 0 Å². The minimum atomic E-state index is 0. The van der Waals surface area contributed by atoms with Crippen LogP contribution in [0.3, 0.4) is 0 Å². The lowest BCUT2D eigenvalue weighted by molar-refractivity contribution is 0.163. The maximum Gasteiger partial charge on any atom is 0.202 e. The second-order valence-corrected chi connectivity index (χ2v) is 4.23. The van der Waals surface area contributed by atoms with Gasteiger partial charge < -0.3 is 14.4 Å². The largest absolute Gasteiger partial charge is 0.479 e. The summed E-state index contributed by atoms with van der Waals surface area (Å²) in [7, 11) is 1.99. The summed E-state index contributed by atoms with van der Waals surface area (Å²) in [5.41, 5.74) is 3.23. The van der Waals surface area contributed by atoms with Crippen LogP contribution in [-0.4, -0.2) is 18.6 Å². The van der Waals surface area contributed by atoms with Crippen LogP contribution in [0.1, 0.15) is 12.5 Å². The Hall–Kier alpha value is -1.87. The fraction of sp³-hybridized carbons (Fsp3) is 0.200. The van der Waals surface area contributed by atoms with E-state index in [0.29, 0.717) is 6.61 Å². The lowest BCUT2D eigenvalue weighted by Gasteiger charge is -2.29. The van der Waals surface area contributed by atoms with Crippen LogP contribution in [0, 0.1) is 0 Å². The Kier molecular flexibility index (Phi) is 3.86. The van der Waals surface area contributed by atoms with Crippen LogP contribution in [0.25, 0.3) is 5.57 Å². The lowest BCUT2D eigenvalue weighted by Crippen LogP contribution is -2.20. The molecule has 0 saturated heterocycles. The topological polar surface area (TPSA) is 21.7 Å². The van der Waals surface area contributed by atoms with E-state index in [1.165, 1.54) is 0 Å². The monoisotopic (exact) mass is 277 g/mol. The van der Waals surface area contributed by atoms with Gasteiger partial charge in [0, 0.05) is 24.4 Å². The third-order valence-corrected chi connectivity index (χ3v) is 3.05. The van der Waals surface area contributed by atoms with Crippen LogP contribution in [0.2, 0.25) is 0 Å². The average molecular weight is 278 g/mol. The second kappa shape index (κ2) is 5.41. The van der Waals surface area contributed by atoms with Crippen molar-refractivity contribution >= 4 is 18.0 Å². The molecule has 0 N–H and O–H groups in total. The number of allylic oxidation sites excluding steroid dienone is 3. The van der Waals surface area contributed by atoms with Gasteiger partial charge in [-0.15, -0.1) is 12.4 Å². The van der Waals surface area contributed by atoms with E-state index in [4.69, 9.17) is 9.47 Å². The number of benzene rings is 1. The Morgan fingerprint density at radius 2 is 2.05 bits per heavy atom. The zero-order valence-electron chi connectivity index (χ0n) is 10.9. The number of ether oxygens (including phenoxy) is 2. The fourth-order valence-corrected chi connectivity index (χ4v) is 2.23. The molecule has 2 aliphatic heterocycles. The zero-order valence-corrected chi connectivity index (χ0v) is 11.7. The molecule has 1 aromatic carbocycles. The van der Waals surface area contributed by atoms with Gasteiger partial charge in [-0.05, 0) is 19.1 Å². The average Bonchev–Trinajstić information content (AvgIpc) is 2.41. The van der Waals surface area contributed by atoms with Gasteiger partial charge in [0.1, 0.15) is 5.75 Å². The van der Waals surface area contributed by atoms with Crippen LogP contribution >= 0.6 is 12.4 Å². The van der Waals surface area contributed by atoms with Crippen molar-refractivity contribution in [2.45, 2.75) is 6.92 Å². The molecule has 2 aliphatic rings. The van der Waals surface area contributed by atoms with Gasteiger partial charge in [-0.1, -0.05) is 18.2 Å². The molecule has 0 aromatic heterocycles. The molecule has 2 heterocycles. The predicted octanol–water partition coefficient (Wildman–Crippen LogP) is 3.55. The number of nitrogens with zero attached hydrogens (tertiary/aromatic N) is 1. The quantitative estimate of drug-likeness (QED) is 0.825. The third-order valence-electron chi connectivity index (χ3n) is 3.05. The number of rotatable bonds is 2. The van der Waals surface area contributed by atoms with Crippen molar-refractivity contribution in [3.8, 4) is 5.75 Å². The van der Waals surface area contributed by atoms with Crippen molar-refractivity contribution in [2.75, 3.05) is 13.7 Å². The molecule has 0 bridgehead atoms. The molecule has 0 spiro atoms. The summed E-state index contributed by atoms with van der Waals surface area (Å²) in [6.07, 6.45) is 5.80. The Balaban J connectivity index is 0.00000133. The van der Waals surface area contributed by atoms with Gasteiger partial charge in [0.05, 0.1) is 18.4 Å². The zero-order chi connectivity index (χ0) is 12.5. The van der Waals surface area contributed by atoms with Crippen molar-refractivity contribution in [2.24, 2.45) is 0 Å². The highest BCUT2D eigenvalue weighted by Gasteiger charge is 2.26. The van der Waals surface area contributed by atoms with Crippen LogP contribution in [0.5, 0.6) is 5.75 Å². The predicted molar refractivity (Wildman–Crippen MR) is 77.9 cm³/mol. The minimum Gasteiger partial charge on any atom is -0.479 e. The van der Waals surface area contributed by atoms with E-state index >= 15 is 0 Å². The van der Waals surface area contributed by atoms with Crippen molar-refractivity contribution < 1.29 is 9.47 Å². The molecule has 0 radical (unpaired) electrons. The number of fused-ring (bicyclic) bond motifs is 3. The van der Waals surface area contributed by atoms with Gasteiger partial charge >= 0.3 is 0 Å². The van der Waals surface area contributed by atoms with Crippen molar-refractivity contribution in [3.05, 3.63) is 59.8 Å². The molecule has 0 fully saturated rings. The summed E-state index contributed by atoms with van der Waals surface area (Å²) < 4.78 is 11.4. The fourth-order valence-electron chi connectivity index (χ4n) is 2.23. The van der Waals surface area contributed by atoms with E-state index in [2.05, 4.69) is 6.07 Å². The van der Waals surface area contributed by atoms with E-state index in [0.717, 1.165) is 28.3 Å². The Morgan fingerprint density at radius 3 is 2.84 bits per heavy atom. The highest BCUT2D eigenvalue weighted by atomic mass is 35.5. The van der Waals surface area contributed by atoms with Crippen molar-refractivity contribution in [1.82, 2.24) is 4.90 Å². The molecule has 1 aromatic rings. The lowest BCUT2D eigenvalue weighted by atomic mass is 9.94. The molecular weight excluding hydrogens is 262 g/mol. The van der Waals surface area contributed by atoms with Crippen molar-refractivity contribution in [1.29, 1.82) is 0 Å². The van der Waals surface area contributed by atoms with Gasteiger partial charge in [0.15, 0.2) is 0 Å². The molecule has 100 valence electrons. The normalized spacial score (nSPS) is 15.9. The first-order valence-electron chi connectivity index (χ1n) is 6.06. The highest BCUT2D eigenvalue weighted by molar-refractivity contribution is 5.87. The summed E-state index contributed by atoms with van der Waals surface area (Å²) in [6, 6.07) is 8.02. The maximum atomic E-state index is 5.78. The maximum absolute atomic E-state index is 5.78. The molecule has 3 nitrogen and oxygen atoms in total. The van der Waals surface area contributed by atoms with Crippen LogP contribution in [0.4, 0.5) is 0 Å². The Morgan fingerprint density at radius 1 is 1.26 bits per heavy atom. The number of para-hydroxylation sites is 1. The van der Waals surface area contributed by atoms with E-state index < -0.39 is 0 Å². The number of hydrogen-bond acceptors (Lipinski definition) is 3. The molecular formula is C15H16ClNO2. The smallest absolute Gasteiger partial charge is 0.202 e. The molecule has 0 aliphatic carbocycles.